The van der Waals surface area contributed by atoms with E-state index in [4.69, 9.17) is 4.42 Å². The van der Waals surface area contributed by atoms with Crippen LogP contribution in [0.2, 0.25) is 0 Å². The standard InChI is InChI=1S/C22H31N3O3/c1-3-10-24-15-9-18-20(22(24)27)19(16(2)28-18)21(26)25-13-7-17(8-14-25)23-11-5-4-6-12-23/h9,15,17H,3-8,10-14H2,1-2H3. The summed E-state index contributed by atoms with van der Waals surface area (Å²) in [7, 11) is 0. The van der Waals surface area contributed by atoms with Gasteiger partial charge in [-0.3, -0.25) is 9.59 Å². The van der Waals surface area contributed by atoms with Gasteiger partial charge in [0.15, 0.2) is 0 Å². The largest absolute Gasteiger partial charge is 0.460 e. The van der Waals surface area contributed by atoms with Gasteiger partial charge < -0.3 is 18.8 Å². The highest BCUT2D eigenvalue weighted by Gasteiger charge is 2.31. The van der Waals surface area contributed by atoms with Crippen molar-refractivity contribution in [3.63, 3.8) is 0 Å². The predicted octanol–water partition coefficient (Wildman–Crippen LogP) is 3.40. The summed E-state index contributed by atoms with van der Waals surface area (Å²) in [6, 6.07) is 2.40. The number of carbonyl (C=O) groups excluding carboxylic acids is 1. The second-order valence-corrected chi connectivity index (χ2v) is 8.21. The van der Waals surface area contributed by atoms with Gasteiger partial charge >= 0.3 is 0 Å². The molecule has 1 amide bonds. The van der Waals surface area contributed by atoms with Crippen LogP contribution in [0.5, 0.6) is 0 Å². The van der Waals surface area contributed by atoms with Crippen molar-refractivity contribution in [3.8, 4) is 0 Å². The fourth-order valence-electron chi connectivity index (χ4n) is 4.82. The molecule has 0 aliphatic carbocycles. The van der Waals surface area contributed by atoms with Crippen molar-refractivity contribution in [2.45, 2.75) is 65.0 Å². The van der Waals surface area contributed by atoms with Crippen LogP contribution in [0, 0.1) is 6.92 Å². The molecular formula is C22H31N3O3. The molecule has 2 saturated heterocycles. The van der Waals surface area contributed by atoms with Crippen molar-refractivity contribution in [2.75, 3.05) is 26.2 Å². The van der Waals surface area contributed by atoms with E-state index in [0.29, 0.717) is 34.9 Å². The Labute approximate surface area is 166 Å². The SMILES string of the molecule is CCCn1ccc2oc(C)c(C(=O)N3CCC(N4CCCCC4)CC3)c2c1=O. The van der Waals surface area contributed by atoms with Gasteiger partial charge in [-0.2, -0.15) is 0 Å². The minimum Gasteiger partial charge on any atom is -0.460 e. The summed E-state index contributed by atoms with van der Waals surface area (Å²) in [4.78, 5) is 30.7. The lowest BCUT2D eigenvalue weighted by Gasteiger charge is -2.40. The number of nitrogens with zero attached hydrogens (tertiary/aromatic N) is 3. The summed E-state index contributed by atoms with van der Waals surface area (Å²) >= 11 is 0. The molecule has 2 aromatic rings. The zero-order valence-electron chi connectivity index (χ0n) is 17.1. The Balaban J connectivity index is 1.55. The minimum atomic E-state index is -0.122. The predicted molar refractivity (Wildman–Crippen MR) is 110 cm³/mol. The summed E-state index contributed by atoms with van der Waals surface area (Å²) in [6.45, 7) is 8.37. The van der Waals surface area contributed by atoms with Gasteiger partial charge in [0.1, 0.15) is 11.3 Å². The molecule has 0 radical (unpaired) electrons. The molecule has 0 atom stereocenters. The quantitative estimate of drug-likeness (QED) is 0.809. The van der Waals surface area contributed by atoms with E-state index >= 15 is 0 Å². The van der Waals surface area contributed by atoms with Crippen LogP contribution in [0.1, 0.15) is 61.6 Å². The number of likely N-dealkylation sites (tertiary alicyclic amines) is 2. The fourth-order valence-corrected chi connectivity index (χ4v) is 4.82. The molecule has 0 unspecified atom stereocenters. The number of fused-ring (bicyclic) bond motifs is 1. The molecule has 4 heterocycles. The maximum absolute atomic E-state index is 13.3. The second-order valence-electron chi connectivity index (χ2n) is 8.21. The number of amides is 1. The van der Waals surface area contributed by atoms with Crippen molar-refractivity contribution < 1.29 is 9.21 Å². The Morgan fingerprint density at radius 1 is 1.14 bits per heavy atom. The third-order valence-electron chi connectivity index (χ3n) is 6.33. The third-order valence-corrected chi connectivity index (χ3v) is 6.33. The summed E-state index contributed by atoms with van der Waals surface area (Å²) in [6.07, 6.45) is 8.59. The van der Waals surface area contributed by atoms with Crippen molar-refractivity contribution >= 4 is 16.9 Å². The number of carbonyl (C=O) groups is 1. The summed E-state index contributed by atoms with van der Waals surface area (Å²) in [5, 5.41) is 0.441. The molecule has 4 rings (SSSR count). The van der Waals surface area contributed by atoms with Crippen LogP contribution in [-0.4, -0.2) is 52.5 Å². The number of rotatable bonds is 4. The van der Waals surface area contributed by atoms with E-state index in [1.54, 1.807) is 23.8 Å². The molecule has 28 heavy (non-hydrogen) atoms. The zero-order valence-corrected chi connectivity index (χ0v) is 17.1. The van der Waals surface area contributed by atoms with Gasteiger partial charge in [0, 0.05) is 31.9 Å². The lowest BCUT2D eigenvalue weighted by molar-refractivity contribution is 0.0590. The van der Waals surface area contributed by atoms with Gasteiger partial charge in [0.05, 0.1) is 10.9 Å². The highest BCUT2D eigenvalue weighted by Crippen LogP contribution is 2.27. The summed E-state index contributed by atoms with van der Waals surface area (Å²) in [5.41, 5.74) is 0.853. The highest BCUT2D eigenvalue weighted by atomic mass is 16.3. The van der Waals surface area contributed by atoms with E-state index in [1.165, 1.54) is 32.4 Å². The summed E-state index contributed by atoms with van der Waals surface area (Å²) in [5.74, 6) is 0.490. The van der Waals surface area contributed by atoms with Gasteiger partial charge in [-0.05, 0) is 58.2 Å². The minimum absolute atomic E-state index is 0.0558. The Bertz CT molecular complexity index is 900. The molecule has 2 aliphatic heterocycles. The van der Waals surface area contributed by atoms with Crippen molar-refractivity contribution in [2.24, 2.45) is 0 Å². The first kappa shape index (κ1) is 19.2. The monoisotopic (exact) mass is 385 g/mol. The van der Waals surface area contributed by atoms with Crippen molar-refractivity contribution in [1.29, 1.82) is 0 Å². The Kier molecular flexibility index (Phi) is 5.58. The molecule has 152 valence electrons. The molecule has 0 saturated carbocycles. The van der Waals surface area contributed by atoms with Crippen molar-refractivity contribution in [3.05, 3.63) is 33.9 Å². The van der Waals surface area contributed by atoms with Crippen LogP contribution in [-0.2, 0) is 6.54 Å². The average Bonchev–Trinajstić information content (AvgIpc) is 3.07. The number of hydrogen-bond donors (Lipinski definition) is 0. The molecule has 0 bridgehead atoms. The first-order chi connectivity index (χ1) is 13.6. The molecule has 6 heteroatoms. The van der Waals surface area contributed by atoms with E-state index in [0.717, 1.165) is 32.4 Å². The van der Waals surface area contributed by atoms with Crippen LogP contribution >= 0.6 is 0 Å². The average molecular weight is 386 g/mol. The van der Waals surface area contributed by atoms with E-state index in [-0.39, 0.29) is 11.5 Å². The third kappa shape index (κ3) is 3.50. The first-order valence-electron chi connectivity index (χ1n) is 10.8. The Morgan fingerprint density at radius 3 is 2.54 bits per heavy atom. The maximum atomic E-state index is 13.3. The fraction of sp³-hybridized carbons (Fsp3) is 0.636. The molecule has 0 aromatic carbocycles. The topological polar surface area (TPSA) is 58.7 Å². The smallest absolute Gasteiger partial charge is 0.262 e. The number of hydrogen-bond acceptors (Lipinski definition) is 4. The molecule has 0 spiro atoms. The van der Waals surface area contributed by atoms with E-state index in [2.05, 4.69) is 4.90 Å². The lowest BCUT2D eigenvalue weighted by atomic mass is 9.99. The summed E-state index contributed by atoms with van der Waals surface area (Å²) < 4.78 is 7.45. The van der Waals surface area contributed by atoms with Crippen LogP contribution < -0.4 is 5.56 Å². The van der Waals surface area contributed by atoms with Crippen LogP contribution in [0.15, 0.2) is 21.5 Å². The van der Waals surface area contributed by atoms with Crippen molar-refractivity contribution in [1.82, 2.24) is 14.4 Å². The molecule has 6 nitrogen and oxygen atoms in total. The number of piperidine rings is 2. The second kappa shape index (κ2) is 8.11. The molecule has 2 aliphatic rings. The first-order valence-corrected chi connectivity index (χ1v) is 10.8. The van der Waals surface area contributed by atoms with E-state index in [1.807, 2.05) is 11.8 Å². The van der Waals surface area contributed by atoms with Gasteiger partial charge in [-0.1, -0.05) is 13.3 Å². The lowest BCUT2D eigenvalue weighted by Crippen LogP contribution is -2.48. The molecular weight excluding hydrogens is 354 g/mol. The number of aromatic nitrogens is 1. The van der Waals surface area contributed by atoms with Gasteiger partial charge in [0.2, 0.25) is 0 Å². The normalized spacial score (nSPS) is 19.4. The maximum Gasteiger partial charge on any atom is 0.262 e. The number of furan rings is 1. The van der Waals surface area contributed by atoms with Gasteiger partial charge in [-0.15, -0.1) is 0 Å². The molecule has 2 aromatic heterocycles. The van der Waals surface area contributed by atoms with Crippen LogP contribution in [0.25, 0.3) is 11.0 Å². The zero-order chi connectivity index (χ0) is 19.7. The van der Waals surface area contributed by atoms with E-state index < -0.39 is 0 Å². The number of pyridine rings is 1. The highest BCUT2D eigenvalue weighted by molar-refractivity contribution is 6.06. The molecule has 0 N–H and O–H groups in total. The van der Waals surface area contributed by atoms with Crippen LogP contribution in [0.3, 0.4) is 0 Å². The van der Waals surface area contributed by atoms with Gasteiger partial charge in [0.25, 0.3) is 11.5 Å². The van der Waals surface area contributed by atoms with E-state index in [9.17, 15) is 9.59 Å². The Hall–Kier alpha value is -2.08. The van der Waals surface area contributed by atoms with Crippen LogP contribution in [0.4, 0.5) is 0 Å². The number of aryl methyl sites for hydroxylation is 2. The molecule has 2 fully saturated rings. The Morgan fingerprint density at radius 2 is 1.86 bits per heavy atom. The van der Waals surface area contributed by atoms with Gasteiger partial charge in [-0.25, -0.2) is 0 Å².